The van der Waals surface area contributed by atoms with Crippen LogP contribution in [0, 0.1) is 0 Å². The van der Waals surface area contributed by atoms with E-state index in [4.69, 9.17) is 10.2 Å². The molecular formula is C13H15N3O2S. The molecule has 3 rings (SSSR count). The van der Waals surface area contributed by atoms with Gasteiger partial charge in [-0.3, -0.25) is 4.79 Å². The molecule has 3 heterocycles. The fourth-order valence-electron chi connectivity index (χ4n) is 2.16. The van der Waals surface area contributed by atoms with E-state index in [0.29, 0.717) is 5.69 Å². The highest BCUT2D eigenvalue weighted by Gasteiger charge is 2.23. The number of hydrogen-bond donors (Lipinski definition) is 1. The summed E-state index contributed by atoms with van der Waals surface area (Å²) in [6.45, 7) is 1.44. The lowest BCUT2D eigenvalue weighted by atomic mass is 10.1. The van der Waals surface area contributed by atoms with E-state index in [1.165, 1.54) is 11.3 Å². The number of furan rings is 1. The third-order valence-corrected chi connectivity index (χ3v) is 4.21. The van der Waals surface area contributed by atoms with Gasteiger partial charge in [0.15, 0.2) is 0 Å². The maximum Gasteiger partial charge on any atom is 0.273 e. The number of hydrogen-bond acceptors (Lipinski definition) is 5. The average molecular weight is 277 g/mol. The van der Waals surface area contributed by atoms with Crippen LogP contribution in [0.25, 0.3) is 10.6 Å². The molecular weight excluding hydrogens is 262 g/mol. The minimum absolute atomic E-state index is 0.00195. The lowest BCUT2D eigenvalue weighted by molar-refractivity contribution is 0.0709. The molecule has 6 heteroatoms. The van der Waals surface area contributed by atoms with Crippen LogP contribution in [0.2, 0.25) is 0 Å². The average Bonchev–Trinajstić information content (AvgIpc) is 3.10. The summed E-state index contributed by atoms with van der Waals surface area (Å²) in [5.41, 5.74) is 7.26. The van der Waals surface area contributed by atoms with Crippen LogP contribution in [0.1, 0.15) is 23.3 Å². The molecule has 5 nitrogen and oxygen atoms in total. The van der Waals surface area contributed by atoms with Crippen LogP contribution in [0.15, 0.2) is 28.4 Å². The molecule has 1 aliphatic rings. The standard InChI is InChI=1S/C13H15N3O2S/c14-10-1-4-16(5-2-10)13(17)11-8-19-12(15-11)9-3-6-18-7-9/h3,6-8,10H,1-2,4-5,14H2. The van der Waals surface area contributed by atoms with Gasteiger partial charge in [0.25, 0.3) is 5.91 Å². The van der Waals surface area contributed by atoms with Crippen molar-refractivity contribution >= 4 is 17.2 Å². The van der Waals surface area contributed by atoms with Crippen LogP contribution in [0.4, 0.5) is 0 Å². The number of likely N-dealkylation sites (tertiary alicyclic amines) is 1. The van der Waals surface area contributed by atoms with Crippen molar-refractivity contribution in [2.45, 2.75) is 18.9 Å². The van der Waals surface area contributed by atoms with E-state index in [9.17, 15) is 4.79 Å². The molecule has 0 unspecified atom stereocenters. The molecule has 100 valence electrons. The van der Waals surface area contributed by atoms with Gasteiger partial charge in [-0.25, -0.2) is 4.98 Å². The highest BCUT2D eigenvalue weighted by Crippen LogP contribution is 2.25. The Bertz CT molecular complexity index is 556. The Hall–Kier alpha value is -1.66. The van der Waals surface area contributed by atoms with E-state index in [1.54, 1.807) is 17.9 Å². The number of amides is 1. The van der Waals surface area contributed by atoms with Crippen LogP contribution in [0.3, 0.4) is 0 Å². The highest BCUT2D eigenvalue weighted by atomic mass is 32.1. The molecule has 1 fully saturated rings. The van der Waals surface area contributed by atoms with Gasteiger partial charge in [-0.1, -0.05) is 0 Å². The largest absolute Gasteiger partial charge is 0.472 e. The zero-order valence-electron chi connectivity index (χ0n) is 10.4. The molecule has 2 aromatic rings. The molecule has 19 heavy (non-hydrogen) atoms. The van der Waals surface area contributed by atoms with Gasteiger partial charge >= 0.3 is 0 Å². The van der Waals surface area contributed by atoms with E-state index >= 15 is 0 Å². The molecule has 0 spiro atoms. The summed E-state index contributed by atoms with van der Waals surface area (Å²) in [4.78, 5) is 18.5. The van der Waals surface area contributed by atoms with Crippen molar-refractivity contribution in [3.8, 4) is 10.6 Å². The maximum atomic E-state index is 12.3. The Morgan fingerprint density at radius 3 is 2.95 bits per heavy atom. The number of nitrogens with zero attached hydrogens (tertiary/aromatic N) is 2. The van der Waals surface area contributed by atoms with Crippen molar-refractivity contribution in [2.75, 3.05) is 13.1 Å². The number of thiazole rings is 1. The quantitative estimate of drug-likeness (QED) is 0.911. The summed E-state index contributed by atoms with van der Waals surface area (Å²) < 4.78 is 5.02. The van der Waals surface area contributed by atoms with Crippen LogP contribution in [0.5, 0.6) is 0 Å². The third-order valence-electron chi connectivity index (χ3n) is 3.32. The predicted molar refractivity (Wildman–Crippen MR) is 72.9 cm³/mol. The molecule has 0 aromatic carbocycles. The zero-order valence-corrected chi connectivity index (χ0v) is 11.2. The van der Waals surface area contributed by atoms with Gasteiger partial charge in [0.1, 0.15) is 17.0 Å². The Morgan fingerprint density at radius 1 is 1.47 bits per heavy atom. The summed E-state index contributed by atoms with van der Waals surface area (Å²) in [6.07, 6.45) is 4.96. The Morgan fingerprint density at radius 2 is 2.26 bits per heavy atom. The van der Waals surface area contributed by atoms with Crippen LogP contribution >= 0.6 is 11.3 Å². The van der Waals surface area contributed by atoms with Gasteiger partial charge in [0.2, 0.25) is 0 Å². The molecule has 0 bridgehead atoms. The molecule has 1 aliphatic heterocycles. The van der Waals surface area contributed by atoms with Crippen molar-refractivity contribution in [2.24, 2.45) is 5.73 Å². The number of carbonyl (C=O) groups excluding carboxylic acids is 1. The normalized spacial score (nSPS) is 16.8. The van der Waals surface area contributed by atoms with Gasteiger partial charge in [-0.05, 0) is 18.9 Å². The Kier molecular flexibility index (Phi) is 3.35. The lowest BCUT2D eigenvalue weighted by Crippen LogP contribution is -2.42. The first-order valence-corrected chi connectivity index (χ1v) is 7.15. The molecule has 0 atom stereocenters. The van der Waals surface area contributed by atoms with E-state index < -0.39 is 0 Å². The predicted octanol–water partition coefficient (Wildman–Crippen LogP) is 1.97. The number of nitrogens with two attached hydrogens (primary N) is 1. The van der Waals surface area contributed by atoms with Crippen molar-refractivity contribution in [1.82, 2.24) is 9.88 Å². The fourth-order valence-corrected chi connectivity index (χ4v) is 2.94. The Labute approximate surface area is 115 Å². The van der Waals surface area contributed by atoms with Crippen LogP contribution in [-0.2, 0) is 0 Å². The maximum absolute atomic E-state index is 12.3. The second-order valence-corrected chi connectivity index (χ2v) is 5.54. The SMILES string of the molecule is NC1CCN(C(=O)c2csc(-c3ccoc3)n2)CC1. The topological polar surface area (TPSA) is 72.4 Å². The summed E-state index contributed by atoms with van der Waals surface area (Å²) in [5.74, 6) is -0.00195. The fraction of sp³-hybridized carbons (Fsp3) is 0.385. The lowest BCUT2D eigenvalue weighted by Gasteiger charge is -2.29. The monoisotopic (exact) mass is 277 g/mol. The summed E-state index contributed by atoms with van der Waals surface area (Å²) in [5, 5.41) is 2.62. The van der Waals surface area contributed by atoms with Crippen molar-refractivity contribution in [3.05, 3.63) is 29.7 Å². The summed E-state index contributed by atoms with van der Waals surface area (Å²) in [6, 6.07) is 2.06. The second kappa shape index (κ2) is 5.14. The minimum atomic E-state index is -0.00195. The van der Waals surface area contributed by atoms with E-state index in [2.05, 4.69) is 4.98 Å². The molecule has 0 saturated carbocycles. The minimum Gasteiger partial charge on any atom is -0.472 e. The number of carbonyl (C=O) groups is 1. The molecule has 0 aliphatic carbocycles. The van der Waals surface area contributed by atoms with E-state index in [-0.39, 0.29) is 11.9 Å². The molecule has 0 radical (unpaired) electrons. The van der Waals surface area contributed by atoms with Gasteiger partial charge in [0, 0.05) is 30.1 Å². The number of rotatable bonds is 2. The van der Waals surface area contributed by atoms with Crippen LogP contribution < -0.4 is 5.73 Å². The number of piperidine rings is 1. The smallest absolute Gasteiger partial charge is 0.273 e. The first-order valence-electron chi connectivity index (χ1n) is 6.27. The molecule has 2 aromatic heterocycles. The molecule has 1 saturated heterocycles. The second-order valence-electron chi connectivity index (χ2n) is 4.68. The summed E-state index contributed by atoms with van der Waals surface area (Å²) >= 11 is 1.46. The Balaban J connectivity index is 1.74. The van der Waals surface area contributed by atoms with Crippen molar-refractivity contribution in [1.29, 1.82) is 0 Å². The first-order chi connectivity index (χ1) is 9.24. The molecule has 2 N–H and O–H groups in total. The highest BCUT2D eigenvalue weighted by molar-refractivity contribution is 7.13. The first kappa shape index (κ1) is 12.4. The van der Waals surface area contributed by atoms with Gasteiger partial charge in [0.05, 0.1) is 6.26 Å². The van der Waals surface area contributed by atoms with Gasteiger partial charge < -0.3 is 15.1 Å². The van der Waals surface area contributed by atoms with Gasteiger partial charge in [-0.15, -0.1) is 11.3 Å². The van der Waals surface area contributed by atoms with E-state index in [1.807, 2.05) is 11.0 Å². The van der Waals surface area contributed by atoms with E-state index in [0.717, 1.165) is 36.5 Å². The van der Waals surface area contributed by atoms with Crippen molar-refractivity contribution in [3.63, 3.8) is 0 Å². The summed E-state index contributed by atoms with van der Waals surface area (Å²) in [7, 11) is 0. The molecule has 1 amide bonds. The number of aromatic nitrogens is 1. The van der Waals surface area contributed by atoms with Gasteiger partial charge in [-0.2, -0.15) is 0 Å². The third kappa shape index (κ3) is 2.54. The van der Waals surface area contributed by atoms with Crippen LogP contribution in [-0.4, -0.2) is 34.9 Å². The van der Waals surface area contributed by atoms with Crippen molar-refractivity contribution < 1.29 is 9.21 Å². The zero-order chi connectivity index (χ0) is 13.2.